The third-order valence-corrected chi connectivity index (χ3v) is 4.45. The molecule has 0 fully saturated rings. The minimum atomic E-state index is -0.718. The summed E-state index contributed by atoms with van der Waals surface area (Å²) in [6, 6.07) is 18.2. The molecule has 0 unspecified atom stereocenters. The van der Waals surface area contributed by atoms with Crippen molar-refractivity contribution in [3.63, 3.8) is 0 Å². The molecule has 0 bridgehead atoms. The Kier molecular flexibility index (Phi) is 6.16. The zero-order valence-electron chi connectivity index (χ0n) is 15.6. The molecule has 1 amide bonds. The Morgan fingerprint density at radius 1 is 1.04 bits per heavy atom. The van der Waals surface area contributed by atoms with Gasteiger partial charge in [-0.3, -0.25) is 4.79 Å². The predicted octanol–water partition coefficient (Wildman–Crippen LogP) is 5.08. The quantitative estimate of drug-likeness (QED) is 0.589. The zero-order valence-corrected chi connectivity index (χ0v) is 16.3. The number of benzene rings is 3. The van der Waals surface area contributed by atoms with E-state index in [0.717, 1.165) is 10.8 Å². The van der Waals surface area contributed by atoms with E-state index in [0.29, 0.717) is 11.4 Å². The molecule has 5 nitrogen and oxygen atoms in total. The van der Waals surface area contributed by atoms with E-state index in [-0.39, 0.29) is 23.1 Å². The number of amides is 1. The zero-order chi connectivity index (χ0) is 20.1. The fraction of sp³-hybridized carbons (Fsp3) is 0.182. The van der Waals surface area contributed by atoms with Crippen LogP contribution in [0.25, 0.3) is 10.8 Å². The summed E-state index contributed by atoms with van der Waals surface area (Å²) in [6.07, 6.45) is -0.718. The van der Waals surface area contributed by atoms with Gasteiger partial charge in [-0.2, -0.15) is 0 Å². The van der Waals surface area contributed by atoms with E-state index in [1.54, 1.807) is 19.9 Å². The number of carbonyl (C=O) groups is 2. The average molecular weight is 398 g/mol. The van der Waals surface area contributed by atoms with Gasteiger partial charge in [-0.05, 0) is 55.0 Å². The molecule has 1 atom stereocenters. The van der Waals surface area contributed by atoms with Crippen LogP contribution in [0.1, 0.15) is 24.2 Å². The Labute approximate surface area is 168 Å². The molecule has 0 aromatic heterocycles. The van der Waals surface area contributed by atoms with Crippen LogP contribution in [0.2, 0.25) is 5.02 Å². The average Bonchev–Trinajstić information content (AvgIpc) is 2.68. The van der Waals surface area contributed by atoms with Crippen molar-refractivity contribution in [2.45, 2.75) is 20.0 Å². The van der Waals surface area contributed by atoms with E-state index in [9.17, 15) is 9.59 Å². The summed E-state index contributed by atoms with van der Waals surface area (Å²) in [5.41, 5.74) is 0.721. The third-order valence-electron chi connectivity index (χ3n) is 4.13. The number of fused-ring (bicyclic) bond motifs is 1. The van der Waals surface area contributed by atoms with Crippen molar-refractivity contribution in [2.75, 3.05) is 11.9 Å². The molecule has 0 aliphatic carbocycles. The molecule has 3 aromatic carbocycles. The summed E-state index contributed by atoms with van der Waals surface area (Å²) in [6.45, 7) is 3.65. The van der Waals surface area contributed by atoms with Crippen molar-refractivity contribution in [3.05, 3.63) is 71.2 Å². The number of halogens is 1. The molecule has 0 radical (unpaired) electrons. The van der Waals surface area contributed by atoms with Crippen LogP contribution in [0, 0.1) is 0 Å². The molecule has 0 aliphatic rings. The van der Waals surface area contributed by atoms with Gasteiger partial charge in [-0.25, -0.2) is 4.79 Å². The van der Waals surface area contributed by atoms with Crippen LogP contribution in [0.15, 0.2) is 60.7 Å². The molecule has 0 saturated carbocycles. The van der Waals surface area contributed by atoms with E-state index in [1.807, 2.05) is 42.5 Å². The number of ether oxygens (including phenoxy) is 2. The molecule has 6 heteroatoms. The molecular formula is C22H20ClNO4. The van der Waals surface area contributed by atoms with Gasteiger partial charge in [0.1, 0.15) is 5.75 Å². The number of hydrogen-bond acceptors (Lipinski definition) is 4. The van der Waals surface area contributed by atoms with E-state index < -0.39 is 12.1 Å². The van der Waals surface area contributed by atoms with Crippen molar-refractivity contribution in [2.24, 2.45) is 0 Å². The first-order valence-electron chi connectivity index (χ1n) is 8.91. The van der Waals surface area contributed by atoms with Crippen LogP contribution in [0.5, 0.6) is 5.75 Å². The van der Waals surface area contributed by atoms with Crippen molar-refractivity contribution < 1.29 is 19.1 Å². The van der Waals surface area contributed by atoms with E-state index in [4.69, 9.17) is 21.1 Å². The standard InChI is InChI=1S/C22H20ClNO4/c1-3-27-22(26)19-11-9-17(13-20(19)23)24-21(25)14(2)28-18-10-8-15-6-4-5-7-16(15)12-18/h4-14H,3H2,1-2H3,(H,24,25)/t14-/m0/s1. The smallest absolute Gasteiger partial charge is 0.339 e. The van der Waals surface area contributed by atoms with E-state index >= 15 is 0 Å². The molecular weight excluding hydrogens is 378 g/mol. The first kappa shape index (κ1) is 19.7. The van der Waals surface area contributed by atoms with Gasteiger partial charge >= 0.3 is 5.97 Å². The van der Waals surface area contributed by atoms with Gasteiger partial charge in [-0.15, -0.1) is 0 Å². The van der Waals surface area contributed by atoms with Crippen molar-refractivity contribution in [1.29, 1.82) is 0 Å². The third kappa shape index (κ3) is 4.61. The van der Waals surface area contributed by atoms with Crippen LogP contribution < -0.4 is 10.1 Å². The fourth-order valence-corrected chi connectivity index (χ4v) is 2.97. The normalized spacial score (nSPS) is 11.7. The van der Waals surface area contributed by atoms with Gasteiger partial charge < -0.3 is 14.8 Å². The number of carbonyl (C=O) groups excluding carboxylic acids is 2. The highest BCUT2D eigenvalue weighted by Crippen LogP contribution is 2.24. The highest BCUT2D eigenvalue weighted by Gasteiger charge is 2.17. The summed E-state index contributed by atoms with van der Waals surface area (Å²) in [5, 5.41) is 5.08. The number of esters is 1. The number of rotatable bonds is 6. The topological polar surface area (TPSA) is 64.6 Å². The maximum atomic E-state index is 12.4. The van der Waals surface area contributed by atoms with Gasteiger partial charge in [0, 0.05) is 5.69 Å². The lowest BCUT2D eigenvalue weighted by Crippen LogP contribution is -2.30. The highest BCUT2D eigenvalue weighted by atomic mass is 35.5. The summed E-state index contributed by atoms with van der Waals surface area (Å²) in [4.78, 5) is 24.2. The maximum Gasteiger partial charge on any atom is 0.339 e. The molecule has 28 heavy (non-hydrogen) atoms. The van der Waals surface area contributed by atoms with Gasteiger partial charge in [-0.1, -0.05) is 41.9 Å². The van der Waals surface area contributed by atoms with Gasteiger partial charge in [0.25, 0.3) is 5.91 Å². The number of hydrogen-bond donors (Lipinski definition) is 1. The Morgan fingerprint density at radius 3 is 2.50 bits per heavy atom. The van der Waals surface area contributed by atoms with E-state index in [2.05, 4.69) is 5.32 Å². The van der Waals surface area contributed by atoms with Crippen LogP contribution in [-0.2, 0) is 9.53 Å². The molecule has 0 aliphatic heterocycles. The molecule has 3 rings (SSSR count). The lowest BCUT2D eigenvalue weighted by atomic mass is 10.1. The highest BCUT2D eigenvalue weighted by molar-refractivity contribution is 6.34. The lowest BCUT2D eigenvalue weighted by Gasteiger charge is -2.15. The Hall–Kier alpha value is -3.05. The summed E-state index contributed by atoms with van der Waals surface area (Å²) in [7, 11) is 0. The first-order chi connectivity index (χ1) is 13.5. The van der Waals surface area contributed by atoms with Crippen molar-refractivity contribution in [3.8, 4) is 5.75 Å². The lowest BCUT2D eigenvalue weighted by molar-refractivity contribution is -0.122. The minimum absolute atomic E-state index is 0.208. The maximum absolute atomic E-state index is 12.4. The largest absolute Gasteiger partial charge is 0.481 e. The second-order valence-electron chi connectivity index (χ2n) is 6.17. The summed E-state index contributed by atoms with van der Waals surface area (Å²) < 4.78 is 10.7. The Balaban J connectivity index is 1.66. The Bertz CT molecular complexity index is 1020. The summed E-state index contributed by atoms with van der Waals surface area (Å²) >= 11 is 6.12. The SMILES string of the molecule is CCOC(=O)c1ccc(NC(=O)[C@H](C)Oc2ccc3ccccc3c2)cc1Cl. The number of anilines is 1. The van der Waals surface area contributed by atoms with Crippen LogP contribution in [0.3, 0.4) is 0 Å². The van der Waals surface area contributed by atoms with Crippen LogP contribution >= 0.6 is 11.6 Å². The molecule has 0 saturated heterocycles. The molecule has 0 spiro atoms. The molecule has 1 N–H and O–H groups in total. The van der Waals surface area contributed by atoms with Crippen LogP contribution in [-0.4, -0.2) is 24.6 Å². The van der Waals surface area contributed by atoms with Crippen molar-refractivity contribution >= 4 is 39.9 Å². The minimum Gasteiger partial charge on any atom is -0.481 e. The molecule has 0 heterocycles. The summed E-state index contributed by atoms with van der Waals surface area (Å²) in [5.74, 6) is -0.219. The van der Waals surface area contributed by atoms with Gasteiger partial charge in [0.2, 0.25) is 0 Å². The monoisotopic (exact) mass is 397 g/mol. The van der Waals surface area contributed by atoms with E-state index in [1.165, 1.54) is 12.1 Å². The Morgan fingerprint density at radius 2 is 1.79 bits per heavy atom. The number of nitrogens with one attached hydrogen (secondary N) is 1. The van der Waals surface area contributed by atoms with Crippen LogP contribution in [0.4, 0.5) is 5.69 Å². The molecule has 3 aromatic rings. The first-order valence-corrected chi connectivity index (χ1v) is 9.28. The van der Waals surface area contributed by atoms with Gasteiger partial charge in [0.15, 0.2) is 6.10 Å². The second-order valence-corrected chi connectivity index (χ2v) is 6.58. The fourth-order valence-electron chi connectivity index (χ4n) is 2.71. The van der Waals surface area contributed by atoms with Gasteiger partial charge in [0.05, 0.1) is 17.2 Å². The predicted molar refractivity (Wildman–Crippen MR) is 110 cm³/mol. The molecule has 144 valence electrons. The second kappa shape index (κ2) is 8.76. The van der Waals surface area contributed by atoms with Crippen molar-refractivity contribution in [1.82, 2.24) is 0 Å².